The third-order valence-electron chi connectivity index (χ3n) is 3.24. The average molecular weight is 246 g/mol. The summed E-state index contributed by atoms with van der Waals surface area (Å²) in [6, 6.07) is 2.13. The van der Waals surface area contributed by atoms with Gasteiger partial charge in [0.15, 0.2) is 0 Å². The van der Waals surface area contributed by atoms with Crippen molar-refractivity contribution in [3.8, 4) is 17.0 Å². The molecule has 1 aromatic heterocycles. The predicted molar refractivity (Wildman–Crippen MR) is 70.7 cm³/mol. The maximum atomic E-state index is 9.07. The first kappa shape index (κ1) is 12.6. The molecule has 96 valence electrons. The third-order valence-corrected chi connectivity index (χ3v) is 3.24. The molecule has 2 aromatic rings. The number of H-pyrrole nitrogens is 1. The number of aryl methyl sites for hydroxylation is 2. The van der Waals surface area contributed by atoms with Gasteiger partial charge in [0.25, 0.3) is 0 Å². The summed E-state index contributed by atoms with van der Waals surface area (Å²) in [7, 11) is 1.67. The topological polar surface area (TPSA) is 58.1 Å². The molecule has 0 amide bonds. The molecule has 0 radical (unpaired) electrons. The largest absolute Gasteiger partial charge is 0.496 e. The predicted octanol–water partition coefficient (Wildman–Crippen LogP) is 2.50. The lowest BCUT2D eigenvalue weighted by molar-refractivity contribution is 0.272. The Kier molecular flexibility index (Phi) is 3.39. The fourth-order valence-electron chi connectivity index (χ4n) is 2.21. The van der Waals surface area contributed by atoms with Crippen LogP contribution in [-0.2, 0) is 6.61 Å². The van der Waals surface area contributed by atoms with E-state index in [0.29, 0.717) is 5.82 Å². The van der Waals surface area contributed by atoms with E-state index >= 15 is 0 Å². The molecule has 0 fully saturated rings. The first-order valence-corrected chi connectivity index (χ1v) is 5.88. The van der Waals surface area contributed by atoms with E-state index in [-0.39, 0.29) is 6.61 Å². The second kappa shape index (κ2) is 4.82. The van der Waals surface area contributed by atoms with Crippen LogP contribution in [0.4, 0.5) is 0 Å². The van der Waals surface area contributed by atoms with E-state index in [4.69, 9.17) is 9.84 Å². The van der Waals surface area contributed by atoms with Crippen LogP contribution < -0.4 is 4.74 Å². The Labute approximate surface area is 107 Å². The molecule has 0 saturated heterocycles. The molecule has 2 N–H and O–H groups in total. The fraction of sp³-hybridized carbons (Fsp3) is 0.357. The highest BCUT2D eigenvalue weighted by Gasteiger charge is 2.15. The number of hydrogen-bond donors (Lipinski definition) is 2. The summed E-state index contributed by atoms with van der Waals surface area (Å²) in [6.45, 7) is 6.07. The molecule has 0 aliphatic rings. The number of nitrogens with one attached hydrogen (secondary N) is 1. The van der Waals surface area contributed by atoms with E-state index in [1.807, 2.05) is 13.8 Å². The number of rotatable bonds is 3. The van der Waals surface area contributed by atoms with Gasteiger partial charge in [-0.25, -0.2) is 4.98 Å². The minimum absolute atomic E-state index is 0.0911. The minimum Gasteiger partial charge on any atom is -0.496 e. The lowest BCUT2D eigenvalue weighted by Gasteiger charge is -2.15. The van der Waals surface area contributed by atoms with Gasteiger partial charge < -0.3 is 14.8 Å². The molecule has 0 saturated carbocycles. The van der Waals surface area contributed by atoms with E-state index < -0.39 is 0 Å². The van der Waals surface area contributed by atoms with Gasteiger partial charge >= 0.3 is 0 Å². The van der Waals surface area contributed by atoms with Gasteiger partial charge in [0.05, 0.1) is 19.0 Å². The van der Waals surface area contributed by atoms with E-state index in [1.54, 1.807) is 13.3 Å². The van der Waals surface area contributed by atoms with Crippen LogP contribution in [0.2, 0.25) is 0 Å². The van der Waals surface area contributed by atoms with Crippen LogP contribution in [0.25, 0.3) is 11.3 Å². The van der Waals surface area contributed by atoms with Crippen molar-refractivity contribution in [3.05, 3.63) is 34.8 Å². The Bertz CT molecular complexity index is 573. The number of imidazole rings is 1. The van der Waals surface area contributed by atoms with Crippen molar-refractivity contribution in [2.45, 2.75) is 27.4 Å². The number of methoxy groups -OCH3 is 1. The van der Waals surface area contributed by atoms with Gasteiger partial charge in [-0.1, -0.05) is 6.07 Å². The van der Waals surface area contributed by atoms with Crippen molar-refractivity contribution in [2.75, 3.05) is 7.11 Å². The van der Waals surface area contributed by atoms with Crippen LogP contribution in [0.3, 0.4) is 0 Å². The molecule has 2 rings (SSSR count). The summed E-state index contributed by atoms with van der Waals surface area (Å²) < 4.78 is 5.52. The molecule has 0 spiro atoms. The van der Waals surface area contributed by atoms with Crippen LogP contribution in [0, 0.1) is 20.8 Å². The van der Waals surface area contributed by atoms with Crippen molar-refractivity contribution < 1.29 is 9.84 Å². The van der Waals surface area contributed by atoms with Crippen LogP contribution >= 0.6 is 0 Å². The minimum atomic E-state index is -0.0911. The van der Waals surface area contributed by atoms with Crippen LogP contribution in [-0.4, -0.2) is 22.2 Å². The second-order valence-electron chi connectivity index (χ2n) is 4.45. The van der Waals surface area contributed by atoms with Gasteiger partial charge in [-0.05, 0) is 37.5 Å². The zero-order chi connectivity index (χ0) is 13.3. The number of aliphatic hydroxyl groups is 1. The lowest BCUT2D eigenvalue weighted by Crippen LogP contribution is -1.97. The zero-order valence-corrected chi connectivity index (χ0v) is 11.2. The van der Waals surface area contributed by atoms with Gasteiger partial charge in [-0.3, -0.25) is 0 Å². The lowest BCUT2D eigenvalue weighted by atomic mass is 9.97. The van der Waals surface area contributed by atoms with E-state index in [2.05, 4.69) is 23.0 Å². The number of nitrogens with zero attached hydrogens (tertiary/aromatic N) is 1. The molecule has 0 atom stereocenters. The molecule has 0 unspecified atom stereocenters. The molecule has 1 aromatic carbocycles. The average Bonchev–Trinajstić information content (AvgIpc) is 2.81. The third kappa shape index (κ3) is 1.99. The number of hydrogen-bond acceptors (Lipinski definition) is 3. The summed E-state index contributed by atoms with van der Waals surface area (Å²) in [5.41, 5.74) is 5.33. The second-order valence-corrected chi connectivity index (χ2v) is 4.45. The molecule has 0 aliphatic heterocycles. The van der Waals surface area contributed by atoms with Gasteiger partial charge in [0, 0.05) is 5.56 Å². The van der Waals surface area contributed by atoms with Gasteiger partial charge in [-0.15, -0.1) is 0 Å². The zero-order valence-electron chi connectivity index (χ0n) is 11.2. The smallest absolute Gasteiger partial charge is 0.132 e. The monoisotopic (exact) mass is 246 g/mol. The maximum absolute atomic E-state index is 9.07. The van der Waals surface area contributed by atoms with Gasteiger partial charge in [0.2, 0.25) is 0 Å². The van der Waals surface area contributed by atoms with Crippen LogP contribution in [0.5, 0.6) is 5.75 Å². The van der Waals surface area contributed by atoms with E-state index in [9.17, 15) is 0 Å². The first-order chi connectivity index (χ1) is 8.58. The first-order valence-electron chi connectivity index (χ1n) is 5.88. The highest BCUT2D eigenvalue weighted by molar-refractivity contribution is 5.73. The molecule has 1 heterocycles. The molecular formula is C14H18N2O2. The standard InChI is InChI=1S/C14H18N2O2/c1-8-5-9(2)13(14(18-4)10(8)3)11-6-15-12(7-17)16-11/h5-6,17H,7H2,1-4H3,(H,15,16). The molecular weight excluding hydrogens is 228 g/mol. The molecule has 0 aliphatic carbocycles. The Morgan fingerprint density at radius 3 is 2.56 bits per heavy atom. The van der Waals surface area contributed by atoms with Crippen molar-refractivity contribution in [1.82, 2.24) is 9.97 Å². The maximum Gasteiger partial charge on any atom is 0.132 e. The molecule has 18 heavy (non-hydrogen) atoms. The number of ether oxygens (including phenoxy) is 1. The number of aromatic nitrogens is 2. The summed E-state index contributed by atoms with van der Waals surface area (Å²) in [6.07, 6.45) is 1.73. The highest BCUT2D eigenvalue weighted by Crippen LogP contribution is 2.36. The van der Waals surface area contributed by atoms with Crippen LogP contribution in [0.1, 0.15) is 22.5 Å². The Balaban J connectivity index is 2.66. The van der Waals surface area contributed by atoms with Crippen molar-refractivity contribution in [2.24, 2.45) is 0 Å². The van der Waals surface area contributed by atoms with Gasteiger partial charge in [0.1, 0.15) is 18.2 Å². The molecule has 4 nitrogen and oxygen atoms in total. The van der Waals surface area contributed by atoms with Crippen molar-refractivity contribution >= 4 is 0 Å². The number of aliphatic hydroxyl groups excluding tert-OH is 1. The molecule has 0 bridgehead atoms. The number of benzene rings is 1. The van der Waals surface area contributed by atoms with Crippen molar-refractivity contribution in [1.29, 1.82) is 0 Å². The van der Waals surface area contributed by atoms with Crippen molar-refractivity contribution in [3.63, 3.8) is 0 Å². The molecule has 4 heteroatoms. The highest BCUT2D eigenvalue weighted by atomic mass is 16.5. The van der Waals surface area contributed by atoms with Gasteiger partial charge in [-0.2, -0.15) is 0 Å². The number of aromatic amines is 1. The van der Waals surface area contributed by atoms with E-state index in [0.717, 1.165) is 28.1 Å². The van der Waals surface area contributed by atoms with E-state index in [1.165, 1.54) is 5.56 Å². The normalized spacial score (nSPS) is 10.7. The SMILES string of the molecule is COc1c(C)c(C)cc(C)c1-c1cnc(CO)[nH]1. The quantitative estimate of drug-likeness (QED) is 0.874. The summed E-state index contributed by atoms with van der Waals surface area (Å²) >= 11 is 0. The fourth-order valence-corrected chi connectivity index (χ4v) is 2.21. The summed E-state index contributed by atoms with van der Waals surface area (Å²) in [4.78, 5) is 7.22. The Morgan fingerprint density at radius 2 is 2.00 bits per heavy atom. The Morgan fingerprint density at radius 1 is 1.28 bits per heavy atom. The summed E-state index contributed by atoms with van der Waals surface area (Å²) in [5, 5.41) is 9.07. The van der Waals surface area contributed by atoms with Crippen LogP contribution in [0.15, 0.2) is 12.3 Å². The summed E-state index contributed by atoms with van der Waals surface area (Å²) in [5.74, 6) is 1.42. The Hall–Kier alpha value is -1.81.